The van der Waals surface area contributed by atoms with Gasteiger partial charge < -0.3 is 4.90 Å². The van der Waals surface area contributed by atoms with E-state index >= 15 is 0 Å². The monoisotopic (exact) mass is 273 g/mol. The van der Waals surface area contributed by atoms with E-state index < -0.39 is 11.9 Å². The van der Waals surface area contributed by atoms with Gasteiger partial charge in [0.05, 0.1) is 0 Å². The van der Waals surface area contributed by atoms with E-state index in [0.717, 1.165) is 6.07 Å². The van der Waals surface area contributed by atoms with Crippen LogP contribution in [0.5, 0.6) is 0 Å². The lowest BCUT2D eigenvalue weighted by atomic mass is 10.2. The lowest BCUT2D eigenvalue weighted by molar-refractivity contribution is -0.141. The fourth-order valence-electron chi connectivity index (χ4n) is 1.86. The maximum atomic E-state index is 12.8. The number of aromatic nitrogens is 4. The average Bonchev–Trinajstić information content (AvgIpc) is 2.72. The Morgan fingerprint density at radius 1 is 1.37 bits per heavy atom. The van der Waals surface area contributed by atoms with Crippen molar-refractivity contribution in [1.82, 2.24) is 19.6 Å². The zero-order valence-electron chi connectivity index (χ0n) is 10.8. The Morgan fingerprint density at radius 2 is 2.05 bits per heavy atom. The van der Waals surface area contributed by atoms with E-state index in [9.17, 15) is 13.2 Å². The van der Waals surface area contributed by atoms with Gasteiger partial charge in [0.2, 0.25) is 0 Å². The lowest BCUT2D eigenvalue weighted by Gasteiger charge is -2.22. The minimum Gasteiger partial charge on any atom is -0.359 e. The summed E-state index contributed by atoms with van der Waals surface area (Å²) in [6.07, 6.45) is -3.31. The van der Waals surface area contributed by atoms with Crippen molar-refractivity contribution in [2.45, 2.75) is 20.0 Å². The Labute approximate surface area is 108 Å². The molecule has 0 saturated carbocycles. The first-order valence-corrected chi connectivity index (χ1v) is 5.78. The number of rotatable bonds is 3. The van der Waals surface area contributed by atoms with Crippen LogP contribution in [0.3, 0.4) is 0 Å². The van der Waals surface area contributed by atoms with Gasteiger partial charge in [0.15, 0.2) is 5.69 Å². The number of alkyl halides is 3. The summed E-state index contributed by atoms with van der Waals surface area (Å²) in [6, 6.07) is 0.990. The minimum atomic E-state index is -4.50. The molecule has 0 saturated heterocycles. The van der Waals surface area contributed by atoms with Crippen molar-refractivity contribution in [3.05, 3.63) is 18.1 Å². The van der Waals surface area contributed by atoms with Crippen LogP contribution in [0.15, 0.2) is 12.4 Å². The summed E-state index contributed by atoms with van der Waals surface area (Å²) in [5.74, 6) is 0.579. The molecule has 0 aromatic carbocycles. The second kappa shape index (κ2) is 4.67. The largest absolute Gasteiger partial charge is 0.433 e. The van der Waals surface area contributed by atoms with E-state index in [1.807, 2.05) is 13.8 Å². The molecule has 0 spiro atoms. The molecular formula is C11H14F3N5. The second-order valence-corrected chi connectivity index (χ2v) is 4.74. The highest BCUT2D eigenvalue weighted by molar-refractivity contribution is 5.47. The number of hydrogen-bond acceptors (Lipinski definition) is 4. The Morgan fingerprint density at radius 3 is 2.63 bits per heavy atom. The van der Waals surface area contributed by atoms with Crippen LogP contribution in [0.25, 0.3) is 5.78 Å². The van der Waals surface area contributed by atoms with Crippen LogP contribution in [-0.2, 0) is 6.18 Å². The molecule has 0 unspecified atom stereocenters. The molecule has 0 bridgehead atoms. The first-order valence-electron chi connectivity index (χ1n) is 5.78. The van der Waals surface area contributed by atoms with E-state index in [2.05, 4.69) is 15.1 Å². The van der Waals surface area contributed by atoms with Crippen LogP contribution < -0.4 is 4.90 Å². The summed E-state index contributed by atoms with van der Waals surface area (Å²) in [5, 5.41) is 3.90. The van der Waals surface area contributed by atoms with Crippen LogP contribution in [0.4, 0.5) is 19.0 Å². The van der Waals surface area contributed by atoms with E-state index in [1.54, 1.807) is 11.9 Å². The molecule has 0 aliphatic rings. The maximum absolute atomic E-state index is 12.8. The highest BCUT2D eigenvalue weighted by Gasteiger charge is 2.34. The Hall–Kier alpha value is -1.86. The van der Waals surface area contributed by atoms with Crippen molar-refractivity contribution in [3.63, 3.8) is 0 Å². The highest BCUT2D eigenvalue weighted by atomic mass is 19.4. The van der Waals surface area contributed by atoms with Crippen LogP contribution >= 0.6 is 0 Å². The molecule has 5 nitrogen and oxygen atoms in total. The third kappa shape index (κ3) is 2.77. The van der Waals surface area contributed by atoms with Crippen molar-refractivity contribution >= 4 is 11.6 Å². The minimum absolute atomic E-state index is 0.0552. The predicted molar refractivity (Wildman–Crippen MR) is 63.9 cm³/mol. The lowest BCUT2D eigenvalue weighted by Crippen LogP contribution is -2.26. The third-order valence-electron chi connectivity index (χ3n) is 2.55. The van der Waals surface area contributed by atoms with Crippen LogP contribution in [0.1, 0.15) is 19.5 Å². The van der Waals surface area contributed by atoms with Crippen molar-refractivity contribution in [1.29, 1.82) is 0 Å². The molecule has 2 rings (SSSR count). The average molecular weight is 273 g/mol. The quantitative estimate of drug-likeness (QED) is 0.860. The first-order chi connectivity index (χ1) is 8.79. The highest BCUT2D eigenvalue weighted by Crippen LogP contribution is 2.30. The van der Waals surface area contributed by atoms with E-state index in [0.29, 0.717) is 18.3 Å². The molecule has 0 fully saturated rings. The van der Waals surface area contributed by atoms with Crippen molar-refractivity contribution in [2.75, 3.05) is 18.5 Å². The van der Waals surface area contributed by atoms with Gasteiger partial charge in [-0.2, -0.15) is 27.8 Å². The van der Waals surface area contributed by atoms with Gasteiger partial charge in [-0.1, -0.05) is 13.8 Å². The summed E-state index contributed by atoms with van der Waals surface area (Å²) < 4.78 is 39.7. The van der Waals surface area contributed by atoms with Crippen LogP contribution in [0, 0.1) is 5.92 Å². The van der Waals surface area contributed by atoms with Gasteiger partial charge in [-0.15, -0.1) is 0 Å². The van der Waals surface area contributed by atoms with E-state index in [1.165, 1.54) is 10.8 Å². The summed E-state index contributed by atoms with van der Waals surface area (Å²) in [7, 11) is 1.72. The van der Waals surface area contributed by atoms with Gasteiger partial charge in [0.1, 0.15) is 12.1 Å². The van der Waals surface area contributed by atoms with Crippen LogP contribution in [0.2, 0.25) is 0 Å². The zero-order valence-corrected chi connectivity index (χ0v) is 10.8. The van der Waals surface area contributed by atoms with E-state index in [-0.39, 0.29) is 5.78 Å². The molecule has 0 amide bonds. The smallest absolute Gasteiger partial charge is 0.359 e. The van der Waals surface area contributed by atoms with Crippen molar-refractivity contribution in [3.8, 4) is 0 Å². The fourth-order valence-corrected chi connectivity index (χ4v) is 1.86. The molecule has 0 aliphatic carbocycles. The van der Waals surface area contributed by atoms with Crippen molar-refractivity contribution < 1.29 is 13.2 Å². The molecule has 8 heteroatoms. The zero-order chi connectivity index (χ0) is 14.2. The van der Waals surface area contributed by atoms with Gasteiger partial charge in [0, 0.05) is 19.7 Å². The number of halogens is 3. The first kappa shape index (κ1) is 13.6. The predicted octanol–water partition coefficient (Wildman–Crippen LogP) is 2.24. The summed E-state index contributed by atoms with van der Waals surface area (Å²) in [4.78, 5) is 8.91. The molecule has 2 aromatic rings. The normalized spacial score (nSPS) is 12.4. The number of hydrogen-bond donors (Lipinski definition) is 0. The summed E-state index contributed by atoms with van der Waals surface area (Å²) in [6.45, 7) is 4.58. The molecule has 104 valence electrons. The Kier molecular flexibility index (Phi) is 3.34. The molecule has 19 heavy (non-hydrogen) atoms. The maximum Gasteiger partial charge on any atom is 0.433 e. The van der Waals surface area contributed by atoms with Crippen LogP contribution in [-0.4, -0.2) is 33.2 Å². The molecule has 0 N–H and O–H groups in total. The second-order valence-electron chi connectivity index (χ2n) is 4.74. The topological polar surface area (TPSA) is 46.3 Å². The third-order valence-corrected chi connectivity index (χ3v) is 2.55. The Balaban J connectivity index is 2.54. The van der Waals surface area contributed by atoms with Gasteiger partial charge in [-0.05, 0) is 5.92 Å². The summed E-state index contributed by atoms with van der Waals surface area (Å²) >= 11 is 0. The molecule has 2 aromatic heterocycles. The Bertz CT molecular complexity index is 575. The number of nitrogens with zero attached hydrogens (tertiary/aromatic N) is 5. The summed E-state index contributed by atoms with van der Waals surface area (Å²) in [5.41, 5.74) is -0.960. The molecule has 0 radical (unpaired) electrons. The van der Waals surface area contributed by atoms with E-state index in [4.69, 9.17) is 0 Å². The molecular weight excluding hydrogens is 259 g/mol. The fraction of sp³-hybridized carbons (Fsp3) is 0.545. The van der Waals surface area contributed by atoms with Gasteiger partial charge >= 0.3 is 6.18 Å². The van der Waals surface area contributed by atoms with Gasteiger partial charge in [0.25, 0.3) is 5.78 Å². The standard InChI is InChI=1S/C11H14F3N5/c1-7(2)5-18(3)9-4-8(11(12,13)14)17-10-15-6-16-19(9)10/h4,6-7H,5H2,1-3H3. The molecule has 0 aliphatic heterocycles. The SMILES string of the molecule is CC(C)CN(C)c1cc(C(F)(F)F)nc2ncnn12. The molecule has 0 atom stereocenters. The van der Waals surface area contributed by atoms with Crippen molar-refractivity contribution in [2.24, 2.45) is 5.92 Å². The van der Waals surface area contributed by atoms with Gasteiger partial charge in [-0.3, -0.25) is 0 Å². The number of fused-ring (bicyclic) bond motifs is 1. The number of anilines is 1. The molecule has 2 heterocycles. The van der Waals surface area contributed by atoms with Gasteiger partial charge in [-0.25, -0.2) is 4.98 Å².